The molecule has 0 fully saturated rings. The number of rotatable bonds is 0. The van der Waals surface area contributed by atoms with Crippen LogP contribution in [0.4, 0.5) is 0 Å². The molecule has 0 aliphatic heterocycles. The molecule has 0 unspecified atom stereocenters. The third kappa shape index (κ3) is 135. The molecule has 0 aromatic carbocycles. The molecule has 0 heterocycles. The Kier molecular flexibility index (Phi) is 32.2. The second kappa shape index (κ2) is 15.8. The summed E-state index contributed by atoms with van der Waals surface area (Å²) in [5.74, 6) is 0. The maximum Gasteiger partial charge on any atom is 1.00 e. The Balaban J connectivity index is -0.0000000575. The van der Waals surface area contributed by atoms with Gasteiger partial charge in [-0.05, 0) is 0 Å². The van der Waals surface area contributed by atoms with Crippen molar-refractivity contribution in [3.05, 3.63) is 6.92 Å². The summed E-state index contributed by atoms with van der Waals surface area (Å²) in [7, 11) is -2.86. The molecule has 0 bridgehead atoms. The molecule has 0 spiro atoms. The van der Waals surface area contributed by atoms with E-state index in [1.807, 2.05) is 6.92 Å². The molecule has 0 aliphatic rings. The van der Waals surface area contributed by atoms with Crippen molar-refractivity contribution in [3.8, 4) is 0 Å². The van der Waals surface area contributed by atoms with Crippen molar-refractivity contribution >= 4 is 11.0 Å². The minimum absolute atomic E-state index is 0. The molecule has 0 aromatic heterocycles. The average molecular weight is 163 g/mol. The summed E-state index contributed by atoms with van der Waals surface area (Å²) in [4.78, 5) is 0. The van der Waals surface area contributed by atoms with Gasteiger partial charge in [0.25, 0.3) is 0 Å². The molecule has 0 saturated heterocycles. The summed E-state index contributed by atoms with van der Waals surface area (Å²) in [6.45, 7) is 5.50. The van der Waals surface area contributed by atoms with Crippen LogP contribution in [0.5, 0.6) is 0 Å². The Morgan fingerprint density at radius 2 is 1.62 bits per heavy atom. The first-order chi connectivity index (χ1) is 3.15. The number of hydrogen-bond donors (Lipinski definition) is 1. The predicted molar refractivity (Wildman–Crippen MR) is 27.0 cm³/mol. The van der Waals surface area contributed by atoms with Crippen LogP contribution in [-0.4, -0.2) is 4.55 Å². The van der Waals surface area contributed by atoms with Crippen LogP contribution in [0.2, 0.25) is 0 Å². The van der Waals surface area contributed by atoms with Crippen molar-refractivity contribution in [2.24, 2.45) is 0 Å². The Morgan fingerprint density at radius 1 is 1.62 bits per heavy atom. The molecule has 45 valence electrons. The van der Waals surface area contributed by atoms with E-state index in [0.717, 1.165) is 6.42 Å². The van der Waals surface area contributed by atoms with E-state index in [1.165, 1.54) is 0 Å². The SMILES string of the molecule is O=[S-](=O)O.[CH2]CC.[K+]. The van der Waals surface area contributed by atoms with Gasteiger partial charge in [0.2, 0.25) is 0 Å². The zero-order valence-corrected chi connectivity index (χ0v) is 9.03. The number of hydrogen-bond acceptors (Lipinski definition) is 3. The second-order valence-electron chi connectivity index (χ2n) is 0.717. The van der Waals surface area contributed by atoms with E-state index in [0.29, 0.717) is 0 Å². The molecule has 0 aromatic rings. The average Bonchev–Trinajstić information content (AvgIpc) is 1.33. The van der Waals surface area contributed by atoms with Crippen LogP contribution in [0.3, 0.4) is 0 Å². The van der Waals surface area contributed by atoms with Gasteiger partial charge in [-0.3, -0.25) is 0 Å². The summed E-state index contributed by atoms with van der Waals surface area (Å²) in [6.07, 6.45) is 1.00. The fourth-order valence-electron chi connectivity index (χ4n) is 0. The first-order valence-corrected chi connectivity index (χ1v) is 2.75. The van der Waals surface area contributed by atoms with E-state index < -0.39 is 11.0 Å². The Labute approximate surface area is 94.1 Å². The molecule has 0 amide bonds. The smallest absolute Gasteiger partial charge is 0.439 e. The van der Waals surface area contributed by atoms with Gasteiger partial charge in [0, 0.05) is 11.0 Å². The monoisotopic (exact) mass is 163 g/mol. The fourth-order valence-corrected chi connectivity index (χ4v) is 0. The van der Waals surface area contributed by atoms with Crippen LogP contribution >= 0.6 is 0 Å². The second-order valence-corrected chi connectivity index (χ2v) is 1.15. The molecule has 0 rings (SSSR count). The van der Waals surface area contributed by atoms with Crippen LogP contribution in [-0.2, 0) is 19.4 Å². The van der Waals surface area contributed by atoms with Crippen LogP contribution < -0.4 is 51.4 Å². The maximum atomic E-state index is 8.56. The Bertz CT molecular complexity index is 72.6. The van der Waals surface area contributed by atoms with E-state index in [-0.39, 0.29) is 51.4 Å². The van der Waals surface area contributed by atoms with Crippen molar-refractivity contribution in [1.82, 2.24) is 0 Å². The zero-order chi connectivity index (χ0) is 6.28. The van der Waals surface area contributed by atoms with E-state index in [1.54, 1.807) is 0 Å². The van der Waals surface area contributed by atoms with Gasteiger partial charge in [0.15, 0.2) is 0 Å². The largest absolute Gasteiger partial charge is 1.00 e. The molecule has 0 saturated carbocycles. The van der Waals surface area contributed by atoms with Gasteiger partial charge in [-0.1, -0.05) is 20.3 Å². The summed E-state index contributed by atoms with van der Waals surface area (Å²) in [5, 5.41) is 0. The van der Waals surface area contributed by atoms with Gasteiger partial charge in [0.1, 0.15) is 0 Å². The predicted octanol–water partition coefficient (Wildman–Crippen LogP) is -2.00. The third-order valence-corrected chi connectivity index (χ3v) is 0. The molecule has 8 heavy (non-hydrogen) atoms. The van der Waals surface area contributed by atoms with Crippen LogP contribution in [0.25, 0.3) is 0 Å². The normalized spacial score (nSPS) is 6.50. The van der Waals surface area contributed by atoms with E-state index in [4.69, 9.17) is 13.0 Å². The Hall–Kier alpha value is 1.55. The molecule has 1 N–H and O–H groups in total. The summed E-state index contributed by atoms with van der Waals surface area (Å²) < 4.78 is 24.1. The first-order valence-electron chi connectivity index (χ1n) is 1.72. The van der Waals surface area contributed by atoms with Crippen molar-refractivity contribution in [1.29, 1.82) is 0 Å². The van der Waals surface area contributed by atoms with Gasteiger partial charge < -0.3 is 13.0 Å². The molecule has 0 aliphatic carbocycles. The van der Waals surface area contributed by atoms with Crippen molar-refractivity contribution in [2.45, 2.75) is 13.3 Å². The summed E-state index contributed by atoms with van der Waals surface area (Å²) in [6, 6.07) is 0. The van der Waals surface area contributed by atoms with Gasteiger partial charge >= 0.3 is 51.4 Å². The molecule has 1 radical (unpaired) electrons. The minimum Gasteiger partial charge on any atom is -0.439 e. The van der Waals surface area contributed by atoms with Gasteiger partial charge in [-0.15, -0.1) is 0 Å². The van der Waals surface area contributed by atoms with E-state index in [2.05, 4.69) is 6.92 Å². The quantitative estimate of drug-likeness (QED) is 0.194. The fraction of sp³-hybridized carbons (Fsp3) is 0.667. The molecule has 0 atom stereocenters. The standard InChI is InChI=1S/C3H7.K.HO3S/c1-3-2;;1-4(2)3/h1,3H2,2H3;;(H,1,2,3)/q;+1;-1. The minimum atomic E-state index is -2.86. The van der Waals surface area contributed by atoms with Crippen molar-refractivity contribution in [2.75, 3.05) is 0 Å². The molecular weight excluding hydrogens is 155 g/mol. The van der Waals surface area contributed by atoms with Gasteiger partial charge in [0.05, 0.1) is 0 Å². The van der Waals surface area contributed by atoms with E-state index in [9.17, 15) is 0 Å². The maximum absolute atomic E-state index is 8.56. The summed E-state index contributed by atoms with van der Waals surface area (Å²) >= 11 is 0. The topological polar surface area (TPSA) is 54.4 Å². The van der Waals surface area contributed by atoms with Crippen LogP contribution in [0.15, 0.2) is 0 Å². The Morgan fingerprint density at radius 3 is 1.62 bits per heavy atom. The van der Waals surface area contributed by atoms with E-state index >= 15 is 0 Å². The summed E-state index contributed by atoms with van der Waals surface area (Å²) in [5.41, 5.74) is 0. The molecule has 3 nitrogen and oxygen atoms in total. The zero-order valence-electron chi connectivity index (χ0n) is 5.09. The van der Waals surface area contributed by atoms with Crippen molar-refractivity contribution in [3.63, 3.8) is 0 Å². The molecular formula is C3H8KO3S. The third-order valence-electron chi connectivity index (χ3n) is 0. The molecule has 5 heteroatoms. The van der Waals surface area contributed by atoms with Crippen LogP contribution in [0, 0.1) is 6.92 Å². The first kappa shape index (κ1) is 16.3. The van der Waals surface area contributed by atoms with Gasteiger partial charge in [-0.2, -0.15) is 0 Å². The van der Waals surface area contributed by atoms with Gasteiger partial charge in [-0.25, -0.2) is 0 Å². The van der Waals surface area contributed by atoms with Crippen molar-refractivity contribution < 1.29 is 64.4 Å². The van der Waals surface area contributed by atoms with Crippen LogP contribution in [0.1, 0.15) is 13.3 Å².